The van der Waals surface area contributed by atoms with Crippen LogP contribution in [0.3, 0.4) is 0 Å². The molecular formula is C20H25NOS. The molecule has 0 atom stereocenters. The molecule has 3 heteroatoms. The van der Waals surface area contributed by atoms with Gasteiger partial charge in [0.05, 0.1) is 5.69 Å². The second kappa shape index (κ2) is 7.31. The van der Waals surface area contributed by atoms with E-state index in [1.54, 1.807) is 11.3 Å². The number of carbonyl (C=O) groups excluding carboxylic acids is 1. The summed E-state index contributed by atoms with van der Waals surface area (Å²) in [6.07, 6.45) is 5.78. The molecule has 0 saturated heterocycles. The van der Waals surface area contributed by atoms with Crippen LogP contribution in [0.15, 0.2) is 41.8 Å². The number of rotatable bonds is 4. The number of benzene rings is 1. The summed E-state index contributed by atoms with van der Waals surface area (Å²) in [7, 11) is 0. The molecule has 1 aliphatic rings. The maximum absolute atomic E-state index is 13.0. The van der Waals surface area contributed by atoms with E-state index in [9.17, 15) is 4.79 Å². The second-order valence-corrected chi connectivity index (χ2v) is 7.58. The minimum atomic E-state index is 0.197. The van der Waals surface area contributed by atoms with E-state index in [-0.39, 0.29) is 12.0 Å². The van der Waals surface area contributed by atoms with Gasteiger partial charge in [0.2, 0.25) is 5.91 Å². The molecule has 23 heavy (non-hydrogen) atoms. The largest absolute Gasteiger partial charge is 0.309 e. The van der Waals surface area contributed by atoms with Crippen LogP contribution in [0.4, 0.5) is 5.69 Å². The SMILES string of the molecule is CC(C)N(C(=O)C1CCCCC1)c1csc(-c2ccccc2)c1. The van der Waals surface area contributed by atoms with Crippen LogP contribution in [-0.4, -0.2) is 11.9 Å². The van der Waals surface area contributed by atoms with Crippen molar-refractivity contribution in [2.75, 3.05) is 4.90 Å². The fourth-order valence-electron chi connectivity index (χ4n) is 3.43. The number of hydrogen-bond acceptors (Lipinski definition) is 2. The van der Waals surface area contributed by atoms with Gasteiger partial charge in [0, 0.05) is 22.2 Å². The predicted octanol–water partition coefficient (Wildman–Crippen LogP) is 5.74. The number of thiophene rings is 1. The van der Waals surface area contributed by atoms with Gasteiger partial charge in [-0.2, -0.15) is 0 Å². The fraction of sp³-hybridized carbons (Fsp3) is 0.450. The lowest BCUT2D eigenvalue weighted by molar-refractivity contribution is -0.123. The van der Waals surface area contributed by atoms with Crippen LogP contribution in [0.5, 0.6) is 0 Å². The van der Waals surface area contributed by atoms with Crippen LogP contribution in [0, 0.1) is 5.92 Å². The monoisotopic (exact) mass is 327 g/mol. The molecular weight excluding hydrogens is 302 g/mol. The summed E-state index contributed by atoms with van der Waals surface area (Å²) in [5.74, 6) is 0.531. The van der Waals surface area contributed by atoms with E-state index >= 15 is 0 Å². The van der Waals surface area contributed by atoms with Gasteiger partial charge in [-0.25, -0.2) is 0 Å². The van der Waals surface area contributed by atoms with Gasteiger partial charge in [-0.1, -0.05) is 49.6 Å². The normalized spacial score (nSPS) is 15.8. The summed E-state index contributed by atoms with van der Waals surface area (Å²) in [5.41, 5.74) is 2.27. The average molecular weight is 327 g/mol. The van der Waals surface area contributed by atoms with Crippen molar-refractivity contribution < 1.29 is 4.79 Å². The highest BCUT2D eigenvalue weighted by molar-refractivity contribution is 7.14. The number of nitrogens with zero attached hydrogens (tertiary/aromatic N) is 1. The van der Waals surface area contributed by atoms with Crippen molar-refractivity contribution in [2.24, 2.45) is 5.92 Å². The molecule has 1 saturated carbocycles. The van der Waals surface area contributed by atoms with Crippen LogP contribution >= 0.6 is 11.3 Å². The third-order valence-electron chi connectivity index (χ3n) is 4.63. The number of anilines is 1. The Morgan fingerprint density at radius 3 is 2.48 bits per heavy atom. The summed E-state index contributed by atoms with van der Waals surface area (Å²) in [6, 6.07) is 12.8. The van der Waals surface area contributed by atoms with Gasteiger partial charge in [0.15, 0.2) is 0 Å². The van der Waals surface area contributed by atoms with Crippen molar-refractivity contribution in [2.45, 2.75) is 52.0 Å². The third kappa shape index (κ3) is 3.66. The lowest BCUT2D eigenvalue weighted by Crippen LogP contribution is -2.41. The molecule has 1 heterocycles. The molecule has 1 aromatic heterocycles. The lowest BCUT2D eigenvalue weighted by atomic mass is 9.88. The standard InChI is InChI=1S/C20H25NOS/c1-15(2)21(20(22)17-11-7-4-8-12-17)18-13-19(23-14-18)16-9-5-3-6-10-16/h3,5-6,9-10,13-15,17H,4,7-8,11-12H2,1-2H3. The summed E-state index contributed by atoms with van der Waals surface area (Å²) in [6.45, 7) is 4.22. The van der Waals surface area contributed by atoms with E-state index < -0.39 is 0 Å². The molecule has 1 fully saturated rings. The van der Waals surface area contributed by atoms with Crippen molar-refractivity contribution in [3.05, 3.63) is 41.8 Å². The Kier molecular flexibility index (Phi) is 5.16. The van der Waals surface area contributed by atoms with E-state index in [1.807, 2.05) is 11.0 Å². The second-order valence-electron chi connectivity index (χ2n) is 6.67. The Morgan fingerprint density at radius 2 is 1.83 bits per heavy atom. The van der Waals surface area contributed by atoms with Crippen LogP contribution < -0.4 is 4.90 Å². The predicted molar refractivity (Wildman–Crippen MR) is 99.0 cm³/mol. The summed E-state index contributed by atoms with van der Waals surface area (Å²) in [5, 5.41) is 2.13. The van der Waals surface area contributed by atoms with Crippen molar-refractivity contribution in [1.82, 2.24) is 0 Å². The summed E-state index contributed by atoms with van der Waals surface area (Å²) in [4.78, 5) is 16.3. The topological polar surface area (TPSA) is 20.3 Å². The Morgan fingerprint density at radius 1 is 1.13 bits per heavy atom. The zero-order valence-corrected chi connectivity index (χ0v) is 14.8. The molecule has 1 amide bonds. The van der Waals surface area contributed by atoms with Crippen LogP contribution in [0.25, 0.3) is 10.4 Å². The van der Waals surface area contributed by atoms with Crippen molar-refractivity contribution in [3.63, 3.8) is 0 Å². The molecule has 3 rings (SSSR count). The minimum Gasteiger partial charge on any atom is -0.309 e. The van der Waals surface area contributed by atoms with Crippen molar-refractivity contribution >= 4 is 22.9 Å². The summed E-state index contributed by atoms with van der Waals surface area (Å²) >= 11 is 1.72. The van der Waals surface area contributed by atoms with Crippen LogP contribution in [-0.2, 0) is 4.79 Å². The molecule has 0 N–H and O–H groups in total. The zero-order chi connectivity index (χ0) is 16.2. The number of carbonyl (C=O) groups is 1. The van der Waals surface area contributed by atoms with E-state index in [4.69, 9.17) is 0 Å². The first kappa shape index (κ1) is 16.3. The highest BCUT2D eigenvalue weighted by Gasteiger charge is 2.29. The third-order valence-corrected chi connectivity index (χ3v) is 5.60. The number of amides is 1. The summed E-state index contributed by atoms with van der Waals surface area (Å²) < 4.78 is 0. The smallest absolute Gasteiger partial charge is 0.230 e. The molecule has 0 radical (unpaired) electrons. The zero-order valence-electron chi connectivity index (χ0n) is 14.0. The van der Waals surface area contributed by atoms with Gasteiger partial charge >= 0.3 is 0 Å². The molecule has 0 aliphatic heterocycles. The van der Waals surface area contributed by atoms with E-state index in [2.05, 4.69) is 49.6 Å². The van der Waals surface area contributed by atoms with Crippen molar-refractivity contribution in [1.29, 1.82) is 0 Å². The first-order valence-corrected chi connectivity index (χ1v) is 9.52. The van der Waals surface area contributed by atoms with Crippen LogP contribution in [0.2, 0.25) is 0 Å². The Labute approximate surface area is 143 Å². The molecule has 0 spiro atoms. The molecule has 2 aromatic rings. The van der Waals surface area contributed by atoms with Gasteiger partial charge in [-0.15, -0.1) is 11.3 Å². The first-order valence-electron chi connectivity index (χ1n) is 8.64. The molecule has 0 unspecified atom stereocenters. The minimum absolute atomic E-state index is 0.197. The Hall–Kier alpha value is -1.61. The number of hydrogen-bond donors (Lipinski definition) is 0. The van der Waals surface area contributed by atoms with Gasteiger partial charge in [-0.3, -0.25) is 4.79 Å². The van der Waals surface area contributed by atoms with E-state index in [0.717, 1.165) is 18.5 Å². The first-order chi connectivity index (χ1) is 11.2. The fourth-order valence-corrected chi connectivity index (χ4v) is 4.32. The quantitative estimate of drug-likeness (QED) is 0.701. The molecule has 0 bridgehead atoms. The Bertz CT molecular complexity index is 641. The molecule has 1 aliphatic carbocycles. The van der Waals surface area contributed by atoms with Gasteiger partial charge in [0.1, 0.15) is 0 Å². The maximum Gasteiger partial charge on any atom is 0.230 e. The highest BCUT2D eigenvalue weighted by Crippen LogP contribution is 2.35. The van der Waals surface area contributed by atoms with Gasteiger partial charge in [0.25, 0.3) is 0 Å². The average Bonchev–Trinajstić information content (AvgIpc) is 3.06. The highest BCUT2D eigenvalue weighted by atomic mass is 32.1. The van der Waals surface area contributed by atoms with Gasteiger partial charge in [-0.05, 0) is 38.3 Å². The maximum atomic E-state index is 13.0. The Balaban J connectivity index is 1.84. The van der Waals surface area contributed by atoms with E-state index in [0.29, 0.717) is 5.91 Å². The van der Waals surface area contributed by atoms with Crippen molar-refractivity contribution in [3.8, 4) is 10.4 Å². The van der Waals surface area contributed by atoms with E-state index in [1.165, 1.54) is 29.7 Å². The van der Waals surface area contributed by atoms with Gasteiger partial charge < -0.3 is 4.90 Å². The van der Waals surface area contributed by atoms with Crippen LogP contribution in [0.1, 0.15) is 46.0 Å². The lowest BCUT2D eigenvalue weighted by Gasteiger charge is -2.31. The molecule has 122 valence electrons. The molecule has 2 nitrogen and oxygen atoms in total. The molecule has 1 aromatic carbocycles.